The molecule has 0 spiro atoms. The Morgan fingerprint density at radius 1 is 0.906 bits per heavy atom. The number of hydrogen-bond acceptors (Lipinski definition) is 5. The molecule has 4 rings (SSSR count). The summed E-state index contributed by atoms with van der Waals surface area (Å²) in [4.78, 5) is 16.7. The average molecular weight is 472 g/mol. The van der Waals surface area contributed by atoms with Crippen LogP contribution in [0.3, 0.4) is 0 Å². The van der Waals surface area contributed by atoms with Crippen molar-refractivity contribution in [2.45, 2.75) is 4.90 Å². The quantitative estimate of drug-likeness (QED) is 0.590. The Kier molecular flexibility index (Phi) is 6.25. The van der Waals surface area contributed by atoms with Crippen LogP contribution in [-0.4, -0.2) is 50.5 Å². The van der Waals surface area contributed by atoms with Gasteiger partial charge in [0.05, 0.1) is 21.3 Å². The first-order valence-corrected chi connectivity index (χ1v) is 11.9. The van der Waals surface area contributed by atoms with Gasteiger partial charge < -0.3 is 14.9 Å². The van der Waals surface area contributed by atoms with E-state index in [0.717, 1.165) is 5.69 Å². The van der Waals surface area contributed by atoms with Crippen LogP contribution in [0.1, 0.15) is 10.4 Å². The van der Waals surface area contributed by atoms with Crippen LogP contribution in [0.25, 0.3) is 0 Å². The molecule has 0 bridgehead atoms. The van der Waals surface area contributed by atoms with Gasteiger partial charge in [-0.05, 0) is 42.5 Å². The van der Waals surface area contributed by atoms with Gasteiger partial charge in [0.2, 0.25) is 0 Å². The average Bonchev–Trinajstić information content (AvgIpc) is 2.81. The van der Waals surface area contributed by atoms with E-state index in [1.165, 1.54) is 12.1 Å². The SMILES string of the molecule is O=C(c1cccc(S(=O)(=O)Nc2ccccc2Cl)c1)N1CCN(c2ccccc2O)CC1. The van der Waals surface area contributed by atoms with Crippen LogP contribution in [-0.2, 0) is 10.0 Å². The number of benzene rings is 3. The van der Waals surface area contributed by atoms with E-state index in [1.54, 1.807) is 53.4 Å². The smallest absolute Gasteiger partial charge is 0.261 e. The first-order chi connectivity index (χ1) is 15.3. The summed E-state index contributed by atoms with van der Waals surface area (Å²) >= 11 is 6.06. The summed E-state index contributed by atoms with van der Waals surface area (Å²) in [6.45, 7) is 2.05. The number of para-hydroxylation sites is 3. The highest BCUT2D eigenvalue weighted by molar-refractivity contribution is 7.92. The number of carbonyl (C=O) groups excluding carboxylic acids is 1. The monoisotopic (exact) mass is 471 g/mol. The van der Waals surface area contributed by atoms with Crippen LogP contribution in [0.5, 0.6) is 5.75 Å². The fourth-order valence-corrected chi connectivity index (χ4v) is 4.97. The Morgan fingerprint density at radius 3 is 2.31 bits per heavy atom. The number of hydrogen-bond donors (Lipinski definition) is 2. The number of piperazine rings is 1. The maximum atomic E-state index is 13.0. The largest absolute Gasteiger partial charge is 0.506 e. The molecule has 0 atom stereocenters. The fraction of sp³-hybridized carbons (Fsp3) is 0.174. The predicted molar refractivity (Wildman–Crippen MR) is 125 cm³/mol. The Balaban J connectivity index is 1.47. The number of carbonyl (C=O) groups is 1. The summed E-state index contributed by atoms with van der Waals surface area (Å²) < 4.78 is 28.1. The highest BCUT2D eigenvalue weighted by Gasteiger charge is 2.25. The Bertz CT molecular complexity index is 1240. The van der Waals surface area contributed by atoms with Gasteiger partial charge in [0.15, 0.2) is 0 Å². The third kappa shape index (κ3) is 4.66. The highest BCUT2D eigenvalue weighted by atomic mass is 35.5. The standard InChI is InChI=1S/C23H22ClN3O4S/c24-19-8-1-2-9-20(19)25-32(30,31)18-7-5-6-17(16-18)23(29)27-14-12-26(13-15-27)21-10-3-4-11-22(21)28/h1-11,16,25,28H,12-15H2. The van der Waals surface area contributed by atoms with Crippen molar-refractivity contribution in [3.05, 3.63) is 83.4 Å². The summed E-state index contributed by atoms with van der Waals surface area (Å²) in [6, 6.07) is 19.6. The lowest BCUT2D eigenvalue weighted by molar-refractivity contribution is 0.0746. The van der Waals surface area contributed by atoms with E-state index in [0.29, 0.717) is 31.7 Å². The van der Waals surface area contributed by atoms with Crippen molar-refractivity contribution in [1.82, 2.24) is 4.90 Å². The number of aromatic hydroxyl groups is 1. The minimum Gasteiger partial charge on any atom is -0.506 e. The molecule has 166 valence electrons. The third-order valence-electron chi connectivity index (χ3n) is 5.30. The summed E-state index contributed by atoms with van der Waals surface area (Å²) in [5, 5.41) is 10.3. The molecule has 0 radical (unpaired) electrons. The fourth-order valence-electron chi connectivity index (χ4n) is 3.61. The number of phenolic OH excluding ortho intramolecular Hbond substituents is 1. The zero-order chi connectivity index (χ0) is 22.7. The second kappa shape index (κ2) is 9.10. The molecule has 3 aromatic carbocycles. The van der Waals surface area contributed by atoms with Crippen LogP contribution >= 0.6 is 11.6 Å². The molecule has 2 N–H and O–H groups in total. The zero-order valence-electron chi connectivity index (χ0n) is 17.1. The van der Waals surface area contributed by atoms with Crippen molar-refractivity contribution >= 4 is 38.9 Å². The molecule has 32 heavy (non-hydrogen) atoms. The van der Waals surface area contributed by atoms with Crippen molar-refractivity contribution < 1.29 is 18.3 Å². The van der Waals surface area contributed by atoms with E-state index >= 15 is 0 Å². The number of anilines is 2. The lowest BCUT2D eigenvalue weighted by Gasteiger charge is -2.36. The molecule has 1 heterocycles. The number of sulfonamides is 1. The number of phenols is 1. The van der Waals surface area contributed by atoms with Crippen molar-refractivity contribution in [2.24, 2.45) is 0 Å². The van der Waals surface area contributed by atoms with Gasteiger partial charge in [-0.2, -0.15) is 0 Å². The Morgan fingerprint density at radius 2 is 1.59 bits per heavy atom. The van der Waals surface area contributed by atoms with E-state index in [1.807, 2.05) is 17.0 Å². The zero-order valence-corrected chi connectivity index (χ0v) is 18.7. The van der Waals surface area contributed by atoms with Crippen molar-refractivity contribution in [3.8, 4) is 5.75 Å². The first kappa shape index (κ1) is 22.0. The normalized spacial score (nSPS) is 14.3. The van der Waals surface area contributed by atoms with Gasteiger partial charge >= 0.3 is 0 Å². The predicted octanol–water partition coefficient (Wildman–Crippen LogP) is 3.81. The van der Waals surface area contributed by atoms with Crippen LogP contribution in [0.15, 0.2) is 77.7 Å². The molecule has 1 aliphatic heterocycles. The molecule has 1 fully saturated rings. The molecule has 0 aromatic heterocycles. The number of nitrogens with zero attached hydrogens (tertiary/aromatic N) is 2. The second-order valence-electron chi connectivity index (χ2n) is 7.38. The van der Waals surface area contributed by atoms with Gasteiger partial charge in [0.1, 0.15) is 5.75 Å². The molecule has 7 nitrogen and oxygen atoms in total. The van der Waals surface area contributed by atoms with Crippen LogP contribution in [0.2, 0.25) is 5.02 Å². The molecule has 3 aromatic rings. The summed E-state index contributed by atoms with van der Waals surface area (Å²) in [7, 11) is -3.91. The molecule has 0 saturated carbocycles. The van der Waals surface area contributed by atoms with E-state index < -0.39 is 10.0 Å². The van der Waals surface area contributed by atoms with Crippen molar-refractivity contribution in [3.63, 3.8) is 0 Å². The number of rotatable bonds is 5. The van der Waals surface area contributed by atoms with Gasteiger partial charge in [-0.25, -0.2) is 8.42 Å². The van der Waals surface area contributed by atoms with Crippen molar-refractivity contribution in [1.29, 1.82) is 0 Å². The lowest BCUT2D eigenvalue weighted by Crippen LogP contribution is -2.48. The minimum absolute atomic E-state index is 0.0175. The van der Waals surface area contributed by atoms with Gasteiger partial charge in [0.25, 0.3) is 15.9 Å². The van der Waals surface area contributed by atoms with Crippen LogP contribution < -0.4 is 9.62 Å². The molecule has 9 heteroatoms. The molecule has 0 aliphatic carbocycles. The molecule has 1 saturated heterocycles. The van der Waals surface area contributed by atoms with E-state index in [4.69, 9.17) is 11.6 Å². The summed E-state index contributed by atoms with van der Waals surface area (Å²) in [5.41, 5.74) is 1.30. The van der Waals surface area contributed by atoms with Crippen molar-refractivity contribution in [2.75, 3.05) is 35.8 Å². The second-order valence-corrected chi connectivity index (χ2v) is 9.47. The van der Waals surface area contributed by atoms with Crippen LogP contribution in [0.4, 0.5) is 11.4 Å². The van der Waals surface area contributed by atoms with E-state index in [-0.39, 0.29) is 27.3 Å². The topological polar surface area (TPSA) is 90.0 Å². The lowest BCUT2D eigenvalue weighted by atomic mass is 10.1. The van der Waals surface area contributed by atoms with Gasteiger partial charge in [-0.1, -0.05) is 41.9 Å². The number of halogens is 1. The van der Waals surface area contributed by atoms with Crippen LogP contribution in [0, 0.1) is 0 Å². The molecule has 0 unspecified atom stereocenters. The number of amides is 1. The maximum Gasteiger partial charge on any atom is 0.261 e. The molecular weight excluding hydrogens is 450 g/mol. The Hall–Kier alpha value is -3.23. The van der Waals surface area contributed by atoms with E-state index in [9.17, 15) is 18.3 Å². The highest BCUT2D eigenvalue weighted by Crippen LogP contribution is 2.28. The number of nitrogens with one attached hydrogen (secondary N) is 1. The minimum atomic E-state index is -3.91. The van der Waals surface area contributed by atoms with Gasteiger partial charge in [-0.15, -0.1) is 0 Å². The molecular formula is C23H22ClN3O4S. The summed E-state index contributed by atoms with van der Waals surface area (Å²) in [5.74, 6) is -0.0343. The molecule has 1 amide bonds. The van der Waals surface area contributed by atoms with E-state index in [2.05, 4.69) is 4.72 Å². The summed E-state index contributed by atoms with van der Waals surface area (Å²) in [6.07, 6.45) is 0. The first-order valence-electron chi connectivity index (χ1n) is 10.0. The van der Waals surface area contributed by atoms with Gasteiger partial charge in [0, 0.05) is 31.7 Å². The van der Waals surface area contributed by atoms with Gasteiger partial charge in [-0.3, -0.25) is 9.52 Å². The maximum absolute atomic E-state index is 13.0. The molecule has 1 aliphatic rings. The third-order valence-corrected chi connectivity index (χ3v) is 6.99. The Labute approximate surface area is 191 Å².